The molecule has 7 nitrogen and oxygen atoms in total. The van der Waals surface area contributed by atoms with E-state index in [9.17, 15) is 19.7 Å². The third-order valence-electron chi connectivity index (χ3n) is 2.71. The number of hydrogen-bond acceptors (Lipinski definition) is 4. The molecule has 0 aliphatic rings. The van der Waals surface area contributed by atoms with Crippen molar-refractivity contribution in [2.45, 2.75) is 13.0 Å². The molecular formula is C11H10Cl2N2O5. The van der Waals surface area contributed by atoms with Gasteiger partial charge in [0.1, 0.15) is 11.1 Å². The van der Waals surface area contributed by atoms with Gasteiger partial charge in [0.15, 0.2) is 0 Å². The minimum Gasteiger partial charge on any atom is -0.480 e. The molecule has 0 spiro atoms. The zero-order valence-corrected chi connectivity index (χ0v) is 12.0. The number of nitro benzene ring substituents is 1. The SMILES string of the molecule is CC(C(=O)O)N(C)C(=O)c1cc(Cl)c(Cl)c([N+](=O)[O-])c1. The van der Waals surface area contributed by atoms with Crippen LogP contribution in [-0.4, -0.2) is 39.9 Å². The number of carbonyl (C=O) groups is 2. The highest BCUT2D eigenvalue weighted by Gasteiger charge is 2.26. The number of nitro groups is 1. The number of carboxylic acids is 1. The summed E-state index contributed by atoms with van der Waals surface area (Å²) >= 11 is 11.4. The van der Waals surface area contributed by atoms with Gasteiger partial charge in [-0.2, -0.15) is 0 Å². The molecule has 0 saturated heterocycles. The van der Waals surface area contributed by atoms with Crippen molar-refractivity contribution in [1.82, 2.24) is 4.90 Å². The third kappa shape index (κ3) is 3.17. The van der Waals surface area contributed by atoms with Gasteiger partial charge in [0.05, 0.1) is 9.95 Å². The van der Waals surface area contributed by atoms with E-state index in [2.05, 4.69) is 0 Å². The number of nitrogens with zero attached hydrogens (tertiary/aromatic N) is 2. The molecule has 1 atom stereocenters. The fourth-order valence-corrected chi connectivity index (χ4v) is 1.77. The van der Waals surface area contributed by atoms with Gasteiger partial charge in [-0.25, -0.2) is 4.79 Å². The summed E-state index contributed by atoms with van der Waals surface area (Å²) in [5, 5.41) is 19.2. The number of amides is 1. The van der Waals surface area contributed by atoms with Gasteiger partial charge in [0.2, 0.25) is 0 Å². The summed E-state index contributed by atoms with van der Waals surface area (Å²) in [7, 11) is 1.27. The summed E-state index contributed by atoms with van der Waals surface area (Å²) in [6.07, 6.45) is 0. The normalized spacial score (nSPS) is 11.8. The van der Waals surface area contributed by atoms with Crippen molar-refractivity contribution in [1.29, 1.82) is 0 Å². The molecule has 1 rings (SSSR count). The predicted octanol–water partition coefficient (Wildman–Crippen LogP) is 2.45. The molecule has 1 unspecified atom stereocenters. The second kappa shape index (κ2) is 6.06. The molecule has 0 aliphatic heterocycles. The molecule has 20 heavy (non-hydrogen) atoms. The van der Waals surface area contributed by atoms with Crippen molar-refractivity contribution < 1.29 is 19.6 Å². The third-order valence-corrected chi connectivity index (χ3v) is 3.50. The van der Waals surface area contributed by atoms with E-state index in [1.807, 2.05) is 0 Å². The highest BCUT2D eigenvalue weighted by molar-refractivity contribution is 6.43. The maximum Gasteiger partial charge on any atom is 0.326 e. The van der Waals surface area contributed by atoms with Crippen LogP contribution in [0.4, 0.5) is 5.69 Å². The second-order valence-corrected chi connectivity index (χ2v) is 4.76. The lowest BCUT2D eigenvalue weighted by molar-refractivity contribution is -0.384. The first-order valence-corrected chi connectivity index (χ1v) is 6.05. The first-order chi connectivity index (χ1) is 9.16. The molecule has 9 heteroatoms. The van der Waals surface area contributed by atoms with E-state index in [1.54, 1.807) is 0 Å². The quantitative estimate of drug-likeness (QED) is 0.678. The van der Waals surface area contributed by atoms with Gasteiger partial charge in [-0.05, 0) is 13.0 Å². The zero-order chi connectivity index (χ0) is 15.6. The number of halogens is 2. The lowest BCUT2D eigenvalue weighted by Crippen LogP contribution is -2.40. The molecule has 108 valence electrons. The number of carboxylic acid groups (broad SMARTS) is 1. The maximum absolute atomic E-state index is 12.1. The van der Waals surface area contributed by atoms with Crippen molar-refractivity contribution in [3.63, 3.8) is 0 Å². The topological polar surface area (TPSA) is 101 Å². The zero-order valence-electron chi connectivity index (χ0n) is 10.5. The molecular weight excluding hydrogens is 311 g/mol. The van der Waals surface area contributed by atoms with Crippen LogP contribution < -0.4 is 0 Å². The Balaban J connectivity index is 3.24. The van der Waals surface area contributed by atoms with Crippen molar-refractivity contribution in [3.05, 3.63) is 37.9 Å². The van der Waals surface area contributed by atoms with E-state index in [1.165, 1.54) is 14.0 Å². The minimum absolute atomic E-state index is 0.110. The van der Waals surface area contributed by atoms with Gasteiger partial charge >= 0.3 is 5.97 Å². The summed E-state index contributed by atoms with van der Waals surface area (Å²) < 4.78 is 0. The van der Waals surface area contributed by atoms with Gasteiger partial charge in [-0.15, -0.1) is 0 Å². The highest BCUT2D eigenvalue weighted by atomic mass is 35.5. The van der Waals surface area contributed by atoms with Crippen LogP contribution in [0.2, 0.25) is 10.0 Å². The fourth-order valence-electron chi connectivity index (χ4n) is 1.38. The van der Waals surface area contributed by atoms with Crippen LogP contribution in [0.15, 0.2) is 12.1 Å². The van der Waals surface area contributed by atoms with Crippen molar-refractivity contribution in [2.24, 2.45) is 0 Å². The van der Waals surface area contributed by atoms with Crippen LogP contribution in [0.5, 0.6) is 0 Å². The van der Waals surface area contributed by atoms with Gasteiger partial charge in [0.25, 0.3) is 11.6 Å². The molecule has 0 radical (unpaired) electrons. The molecule has 1 aromatic rings. The largest absolute Gasteiger partial charge is 0.480 e. The number of aliphatic carboxylic acids is 1. The van der Waals surface area contributed by atoms with Crippen LogP contribution in [0, 0.1) is 10.1 Å². The molecule has 0 heterocycles. The van der Waals surface area contributed by atoms with Crippen LogP contribution in [0.1, 0.15) is 17.3 Å². The lowest BCUT2D eigenvalue weighted by atomic mass is 10.1. The molecule has 0 aromatic heterocycles. The standard InChI is InChI=1S/C11H10Cl2N2O5/c1-5(11(17)18)14(2)10(16)6-3-7(12)9(13)8(4-6)15(19)20/h3-5H,1-2H3,(H,17,18). The highest BCUT2D eigenvalue weighted by Crippen LogP contribution is 2.33. The average molecular weight is 321 g/mol. The number of likely N-dealkylation sites (N-methyl/N-ethyl adjacent to an activating group) is 1. The van der Waals surface area contributed by atoms with Crippen LogP contribution >= 0.6 is 23.2 Å². The Morgan fingerprint density at radius 1 is 1.40 bits per heavy atom. The van der Waals surface area contributed by atoms with Crippen molar-refractivity contribution in [2.75, 3.05) is 7.05 Å². The van der Waals surface area contributed by atoms with Gasteiger partial charge < -0.3 is 10.0 Å². The van der Waals surface area contributed by atoms with E-state index in [-0.39, 0.29) is 15.6 Å². The number of benzene rings is 1. The van der Waals surface area contributed by atoms with Crippen LogP contribution in [-0.2, 0) is 4.79 Å². The Morgan fingerprint density at radius 2 is 1.95 bits per heavy atom. The fraction of sp³-hybridized carbons (Fsp3) is 0.273. The second-order valence-electron chi connectivity index (χ2n) is 3.98. The summed E-state index contributed by atoms with van der Waals surface area (Å²) in [6, 6.07) is 1.03. The van der Waals surface area contributed by atoms with Crippen LogP contribution in [0.25, 0.3) is 0 Å². The number of rotatable bonds is 4. The molecule has 1 aromatic carbocycles. The average Bonchev–Trinajstić information content (AvgIpc) is 2.38. The predicted molar refractivity (Wildman–Crippen MR) is 72.3 cm³/mol. The monoisotopic (exact) mass is 320 g/mol. The smallest absolute Gasteiger partial charge is 0.326 e. The van der Waals surface area contributed by atoms with Gasteiger partial charge in [-0.3, -0.25) is 14.9 Å². The molecule has 1 amide bonds. The van der Waals surface area contributed by atoms with E-state index in [0.717, 1.165) is 17.0 Å². The molecule has 0 bridgehead atoms. The molecule has 1 N–H and O–H groups in total. The van der Waals surface area contributed by atoms with Gasteiger partial charge in [0, 0.05) is 18.7 Å². The number of hydrogen-bond donors (Lipinski definition) is 1. The van der Waals surface area contributed by atoms with E-state index >= 15 is 0 Å². The summed E-state index contributed by atoms with van der Waals surface area (Å²) in [5.41, 5.74) is -0.624. The summed E-state index contributed by atoms with van der Waals surface area (Å²) in [6.45, 7) is 1.31. The van der Waals surface area contributed by atoms with E-state index < -0.39 is 28.5 Å². The lowest BCUT2D eigenvalue weighted by Gasteiger charge is -2.21. The molecule has 0 aliphatic carbocycles. The Morgan fingerprint density at radius 3 is 2.40 bits per heavy atom. The molecule has 0 saturated carbocycles. The first kappa shape index (κ1) is 16.2. The summed E-state index contributed by atoms with van der Waals surface area (Å²) in [5.74, 6) is -1.91. The Hall–Kier alpha value is -1.86. The van der Waals surface area contributed by atoms with E-state index in [4.69, 9.17) is 28.3 Å². The first-order valence-electron chi connectivity index (χ1n) is 5.30. The number of carbonyl (C=O) groups excluding carboxylic acids is 1. The summed E-state index contributed by atoms with van der Waals surface area (Å²) in [4.78, 5) is 33.9. The maximum atomic E-state index is 12.1. The van der Waals surface area contributed by atoms with Crippen molar-refractivity contribution >= 4 is 40.8 Å². The van der Waals surface area contributed by atoms with Crippen molar-refractivity contribution in [3.8, 4) is 0 Å². The Bertz CT molecular complexity index is 590. The molecule has 0 fully saturated rings. The Labute approximate surface area is 123 Å². The van der Waals surface area contributed by atoms with E-state index in [0.29, 0.717) is 0 Å². The minimum atomic E-state index is -1.20. The van der Waals surface area contributed by atoms with Gasteiger partial charge in [-0.1, -0.05) is 23.2 Å². The Kier molecular flexibility index (Phi) is 4.91. The van der Waals surface area contributed by atoms with Crippen LogP contribution in [0.3, 0.4) is 0 Å².